The molecule has 6 heteroatoms. The summed E-state index contributed by atoms with van der Waals surface area (Å²) in [7, 11) is -1.37. The van der Waals surface area contributed by atoms with Gasteiger partial charge >= 0.3 is 0 Å². The third-order valence-corrected chi connectivity index (χ3v) is 4.94. The predicted molar refractivity (Wildman–Crippen MR) is 81.3 cm³/mol. The van der Waals surface area contributed by atoms with Gasteiger partial charge in [0, 0.05) is 31.4 Å². The Labute approximate surface area is 121 Å². The van der Waals surface area contributed by atoms with Crippen LogP contribution in [0, 0.1) is 0 Å². The Morgan fingerprint density at radius 1 is 1.35 bits per heavy atom. The Kier molecular flexibility index (Phi) is 4.67. The summed E-state index contributed by atoms with van der Waals surface area (Å²) in [5.41, 5.74) is 6.73. The minimum absolute atomic E-state index is 0.133. The highest BCUT2D eigenvalue weighted by atomic mass is 32.2. The van der Waals surface area contributed by atoms with Crippen LogP contribution in [0.3, 0.4) is 0 Å². The lowest BCUT2D eigenvalue weighted by atomic mass is 10.2. The van der Waals surface area contributed by atoms with Crippen LogP contribution in [0.1, 0.15) is 26.2 Å². The van der Waals surface area contributed by atoms with Crippen molar-refractivity contribution < 1.29 is 8.42 Å². The largest absolute Gasteiger partial charge is 0.375 e. The van der Waals surface area contributed by atoms with Gasteiger partial charge in [0.15, 0.2) is 0 Å². The van der Waals surface area contributed by atoms with Crippen molar-refractivity contribution >= 4 is 15.7 Å². The van der Waals surface area contributed by atoms with E-state index in [-0.39, 0.29) is 12.1 Å². The molecule has 0 bridgehead atoms. The van der Waals surface area contributed by atoms with Gasteiger partial charge in [0.1, 0.15) is 0 Å². The molecular formula is C14H23N3O2S. The second kappa shape index (κ2) is 6.11. The summed E-state index contributed by atoms with van der Waals surface area (Å²) in [6.07, 6.45) is 2.79. The van der Waals surface area contributed by atoms with E-state index < -0.39 is 10.0 Å². The quantitative estimate of drug-likeness (QED) is 0.795. The van der Waals surface area contributed by atoms with E-state index in [1.54, 1.807) is 12.1 Å². The number of rotatable bonds is 7. The van der Waals surface area contributed by atoms with Crippen molar-refractivity contribution in [3.05, 3.63) is 24.3 Å². The van der Waals surface area contributed by atoms with E-state index in [2.05, 4.69) is 9.62 Å². The Bertz CT molecular complexity index is 536. The first-order valence-electron chi connectivity index (χ1n) is 6.97. The summed E-state index contributed by atoms with van der Waals surface area (Å²) >= 11 is 0. The van der Waals surface area contributed by atoms with E-state index in [0.29, 0.717) is 4.90 Å². The van der Waals surface area contributed by atoms with Crippen LogP contribution in [0.5, 0.6) is 0 Å². The topological polar surface area (TPSA) is 75.4 Å². The first-order valence-corrected chi connectivity index (χ1v) is 8.46. The number of hydrogen-bond donors (Lipinski definition) is 2. The van der Waals surface area contributed by atoms with Gasteiger partial charge in [-0.05, 0) is 50.5 Å². The zero-order valence-electron chi connectivity index (χ0n) is 12.0. The second-order valence-electron chi connectivity index (χ2n) is 5.58. The molecular weight excluding hydrogens is 274 g/mol. The Morgan fingerprint density at radius 3 is 2.45 bits per heavy atom. The lowest BCUT2D eigenvalue weighted by Gasteiger charge is -2.20. The Balaban J connectivity index is 2.01. The third-order valence-electron chi connectivity index (χ3n) is 3.41. The smallest absolute Gasteiger partial charge is 0.240 e. The zero-order valence-corrected chi connectivity index (χ0v) is 12.9. The predicted octanol–water partition coefficient (Wildman–Crippen LogP) is 1.30. The third kappa shape index (κ3) is 4.19. The summed E-state index contributed by atoms with van der Waals surface area (Å²) in [6, 6.07) is 7.28. The van der Waals surface area contributed by atoms with Crippen LogP contribution < -0.4 is 15.4 Å². The average Bonchev–Trinajstić information content (AvgIpc) is 3.19. The van der Waals surface area contributed by atoms with E-state index in [4.69, 9.17) is 5.73 Å². The molecule has 0 spiro atoms. The highest BCUT2D eigenvalue weighted by Crippen LogP contribution is 2.23. The number of sulfonamides is 1. The molecule has 0 radical (unpaired) electrons. The fourth-order valence-corrected chi connectivity index (χ4v) is 3.20. The van der Waals surface area contributed by atoms with E-state index in [1.807, 2.05) is 26.1 Å². The summed E-state index contributed by atoms with van der Waals surface area (Å²) < 4.78 is 26.8. The molecule has 2 rings (SSSR count). The maximum Gasteiger partial charge on any atom is 0.240 e. The van der Waals surface area contributed by atoms with Gasteiger partial charge in [0.05, 0.1) is 4.90 Å². The van der Waals surface area contributed by atoms with E-state index in [1.165, 1.54) is 0 Å². The number of hydrogen-bond acceptors (Lipinski definition) is 4. The van der Waals surface area contributed by atoms with Crippen molar-refractivity contribution in [3.8, 4) is 0 Å². The fraction of sp³-hybridized carbons (Fsp3) is 0.571. The molecule has 0 aromatic heterocycles. The minimum Gasteiger partial charge on any atom is -0.375 e. The van der Waals surface area contributed by atoms with Crippen LogP contribution >= 0.6 is 0 Å². The van der Waals surface area contributed by atoms with E-state index >= 15 is 0 Å². The lowest BCUT2D eigenvalue weighted by molar-refractivity contribution is 0.581. The van der Waals surface area contributed by atoms with Gasteiger partial charge in [-0.3, -0.25) is 0 Å². The molecule has 1 fully saturated rings. The number of anilines is 1. The molecule has 1 aliphatic rings. The maximum atomic E-state index is 12.0. The van der Waals surface area contributed by atoms with Crippen LogP contribution in [0.4, 0.5) is 5.69 Å². The Hall–Kier alpha value is -1.11. The van der Waals surface area contributed by atoms with Crippen molar-refractivity contribution in [1.82, 2.24) is 4.72 Å². The number of nitrogens with one attached hydrogen (secondary N) is 1. The second-order valence-corrected chi connectivity index (χ2v) is 7.29. The molecule has 1 aromatic carbocycles. The minimum atomic E-state index is -3.35. The number of benzene rings is 1. The highest BCUT2D eigenvalue weighted by molar-refractivity contribution is 7.89. The van der Waals surface area contributed by atoms with Gasteiger partial charge in [0.2, 0.25) is 10.0 Å². The van der Waals surface area contributed by atoms with Crippen LogP contribution in [-0.4, -0.2) is 34.1 Å². The summed E-state index contributed by atoms with van der Waals surface area (Å²) in [6.45, 7) is 2.83. The van der Waals surface area contributed by atoms with Crippen molar-refractivity contribution in [2.45, 2.75) is 43.2 Å². The highest BCUT2D eigenvalue weighted by Gasteiger charge is 2.27. The maximum absolute atomic E-state index is 12.0. The molecule has 1 aromatic rings. The van der Waals surface area contributed by atoms with Crippen molar-refractivity contribution in [1.29, 1.82) is 0 Å². The van der Waals surface area contributed by atoms with Crippen LogP contribution in [0.2, 0.25) is 0 Å². The first kappa shape index (κ1) is 15.3. The van der Waals surface area contributed by atoms with E-state index in [9.17, 15) is 8.42 Å². The van der Waals surface area contributed by atoms with Crippen LogP contribution in [0.15, 0.2) is 29.2 Å². The monoisotopic (exact) mass is 297 g/mol. The molecule has 112 valence electrons. The molecule has 5 nitrogen and oxygen atoms in total. The van der Waals surface area contributed by atoms with Gasteiger partial charge < -0.3 is 10.6 Å². The van der Waals surface area contributed by atoms with Gasteiger partial charge in [-0.2, -0.15) is 0 Å². The van der Waals surface area contributed by atoms with E-state index in [0.717, 1.165) is 31.5 Å². The zero-order chi connectivity index (χ0) is 14.8. The Morgan fingerprint density at radius 2 is 1.95 bits per heavy atom. The van der Waals surface area contributed by atoms with Crippen LogP contribution in [0.25, 0.3) is 0 Å². The molecule has 20 heavy (non-hydrogen) atoms. The molecule has 0 heterocycles. The average molecular weight is 297 g/mol. The van der Waals surface area contributed by atoms with Crippen LogP contribution in [-0.2, 0) is 10.0 Å². The normalized spacial score (nSPS) is 16.9. The summed E-state index contributed by atoms with van der Waals surface area (Å²) in [5, 5.41) is 0. The van der Waals surface area contributed by atoms with Crippen molar-refractivity contribution in [2.24, 2.45) is 5.73 Å². The fourth-order valence-electron chi connectivity index (χ4n) is 1.89. The van der Waals surface area contributed by atoms with Crippen molar-refractivity contribution in [2.75, 3.05) is 18.5 Å². The molecule has 0 saturated heterocycles. The molecule has 0 aliphatic heterocycles. The van der Waals surface area contributed by atoms with Gasteiger partial charge in [0.25, 0.3) is 0 Å². The number of nitrogens with two attached hydrogens (primary N) is 1. The summed E-state index contributed by atoms with van der Waals surface area (Å²) in [5.74, 6) is 0. The van der Waals surface area contributed by atoms with Gasteiger partial charge in [-0.1, -0.05) is 0 Å². The molecule has 3 N–H and O–H groups in total. The SMILES string of the molecule is CC(N)CCN(C)c1ccc(S(=O)(=O)NC2CC2)cc1. The molecule has 0 amide bonds. The molecule has 1 aliphatic carbocycles. The number of nitrogens with zero attached hydrogens (tertiary/aromatic N) is 1. The molecule has 1 atom stereocenters. The first-order chi connectivity index (χ1) is 9.38. The molecule has 1 unspecified atom stereocenters. The molecule has 1 saturated carbocycles. The van der Waals surface area contributed by atoms with Gasteiger partial charge in [-0.25, -0.2) is 13.1 Å². The van der Waals surface area contributed by atoms with Gasteiger partial charge in [-0.15, -0.1) is 0 Å². The summed E-state index contributed by atoms with van der Waals surface area (Å²) in [4.78, 5) is 2.40. The lowest BCUT2D eigenvalue weighted by Crippen LogP contribution is -2.26. The standard InChI is InChI=1S/C14H23N3O2S/c1-11(15)9-10-17(2)13-5-7-14(8-6-13)20(18,19)16-12-3-4-12/h5-8,11-12,16H,3-4,9-10,15H2,1-2H3. The van der Waals surface area contributed by atoms with Crippen molar-refractivity contribution in [3.63, 3.8) is 0 Å².